The molecule has 0 fully saturated rings. The lowest BCUT2D eigenvalue weighted by atomic mass is 10.0. The number of benzene rings is 2. The summed E-state index contributed by atoms with van der Waals surface area (Å²) in [6, 6.07) is 9.74. The fourth-order valence-electron chi connectivity index (χ4n) is 3.63. The van der Waals surface area contributed by atoms with Crippen LogP contribution in [0.5, 0.6) is 0 Å². The maximum Gasteiger partial charge on any atom is 0.253 e. The molecular formula is C25H28Cl3N5O2S. The number of rotatable bonds is 10. The minimum absolute atomic E-state index is 0.145. The molecule has 0 saturated carbocycles. The molecule has 0 aliphatic heterocycles. The number of halogens is 3. The zero-order valence-electron chi connectivity index (χ0n) is 20.4. The number of carbonyl (C=O) groups is 2. The summed E-state index contributed by atoms with van der Waals surface area (Å²) in [6.07, 6.45) is 0.647. The topological polar surface area (TPSA) is 88.9 Å². The SMILES string of the molecule is CCn1c(SCC(=O)Nc2cccc(Cl)c2C)nnc1[C@H](CC(C)C)NC(=O)c1ccc(Cl)cc1Cl. The summed E-state index contributed by atoms with van der Waals surface area (Å²) in [4.78, 5) is 25.6. The van der Waals surface area contributed by atoms with Gasteiger partial charge in [0.1, 0.15) is 0 Å². The van der Waals surface area contributed by atoms with Gasteiger partial charge in [0.15, 0.2) is 11.0 Å². The second-order valence-corrected chi connectivity index (χ2v) is 10.8. The summed E-state index contributed by atoms with van der Waals surface area (Å²) in [5.41, 5.74) is 1.82. The molecule has 3 aromatic rings. The number of hydrogen-bond donors (Lipinski definition) is 2. The van der Waals surface area contributed by atoms with E-state index in [4.69, 9.17) is 34.8 Å². The third-order valence-corrected chi connectivity index (χ3v) is 7.36. The van der Waals surface area contributed by atoms with Crippen molar-refractivity contribution in [3.63, 3.8) is 0 Å². The molecule has 2 amide bonds. The Balaban J connectivity index is 1.76. The van der Waals surface area contributed by atoms with Crippen LogP contribution in [0.25, 0.3) is 0 Å². The highest BCUT2D eigenvalue weighted by molar-refractivity contribution is 7.99. The minimum Gasteiger partial charge on any atom is -0.342 e. The smallest absolute Gasteiger partial charge is 0.253 e. The molecule has 1 aromatic heterocycles. The van der Waals surface area contributed by atoms with Gasteiger partial charge in [-0.1, -0.05) is 66.5 Å². The third kappa shape index (κ3) is 7.16. The van der Waals surface area contributed by atoms with Crippen LogP contribution in [0, 0.1) is 12.8 Å². The zero-order chi connectivity index (χ0) is 26.4. The highest BCUT2D eigenvalue weighted by atomic mass is 35.5. The number of carbonyl (C=O) groups excluding carboxylic acids is 2. The lowest BCUT2D eigenvalue weighted by molar-refractivity contribution is -0.113. The Labute approximate surface area is 230 Å². The van der Waals surface area contributed by atoms with Crippen LogP contribution in [-0.2, 0) is 11.3 Å². The van der Waals surface area contributed by atoms with Crippen molar-refractivity contribution in [1.82, 2.24) is 20.1 Å². The molecule has 0 saturated heterocycles. The Bertz CT molecular complexity index is 1250. The fraction of sp³-hybridized carbons (Fsp3) is 0.360. The lowest BCUT2D eigenvalue weighted by Crippen LogP contribution is -2.32. The zero-order valence-corrected chi connectivity index (χ0v) is 23.5. The van der Waals surface area contributed by atoms with Crippen molar-refractivity contribution < 1.29 is 9.59 Å². The first-order valence-electron chi connectivity index (χ1n) is 11.5. The molecule has 0 aliphatic carbocycles. The predicted molar refractivity (Wildman–Crippen MR) is 147 cm³/mol. The molecule has 0 unspecified atom stereocenters. The molecule has 36 heavy (non-hydrogen) atoms. The number of thioether (sulfide) groups is 1. The van der Waals surface area contributed by atoms with Crippen LogP contribution in [0.15, 0.2) is 41.6 Å². The van der Waals surface area contributed by atoms with Crippen LogP contribution in [0.1, 0.15) is 55.0 Å². The molecule has 2 N–H and O–H groups in total. The van der Waals surface area contributed by atoms with Crippen molar-refractivity contribution in [2.24, 2.45) is 5.92 Å². The van der Waals surface area contributed by atoms with Crippen molar-refractivity contribution in [2.45, 2.75) is 51.9 Å². The van der Waals surface area contributed by atoms with Gasteiger partial charge in [-0.25, -0.2) is 0 Å². The van der Waals surface area contributed by atoms with Crippen molar-refractivity contribution in [2.75, 3.05) is 11.1 Å². The quantitative estimate of drug-likeness (QED) is 0.262. The summed E-state index contributed by atoms with van der Waals surface area (Å²) in [5, 5.41) is 16.6. The number of amides is 2. The van der Waals surface area contributed by atoms with Crippen LogP contribution < -0.4 is 10.6 Å². The van der Waals surface area contributed by atoms with Gasteiger partial charge in [0.05, 0.1) is 22.4 Å². The average molecular weight is 569 g/mol. The first-order chi connectivity index (χ1) is 17.1. The molecule has 1 atom stereocenters. The van der Waals surface area contributed by atoms with Gasteiger partial charge < -0.3 is 15.2 Å². The van der Waals surface area contributed by atoms with E-state index < -0.39 is 6.04 Å². The summed E-state index contributed by atoms with van der Waals surface area (Å²) in [7, 11) is 0. The standard InChI is InChI=1S/C25H28Cl3N5O2S/c1-5-33-23(21(11-14(2)3)30-24(35)17-10-9-16(26)12-19(17)28)31-32-25(33)36-13-22(34)29-20-8-6-7-18(27)15(20)4/h6-10,12,14,21H,5,11,13H2,1-4H3,(H,29,34)(H,30,35)/t21-/m0/s1. The molecule has 0 aliphatic rings. The summed E-state index contributed by atoms with van der Waals surface area (Å²) in [6.45, 7) is 8.53. The number of nitrogens with zero attached hydrogens (tertiary/aromatic N) is 3. The van der Waals surface area contributed by atoms with E-state index in [1.165, 1.54) is 17.8 Å². The monoisotopic (exact) mass is 567 g/mol. The molecule has 0 radical (unpaired) electrons. The van der Waals surface area contributed by atoms with Crippen LogP contribution in [0.4, 0.5) is 5.69 Å². The van der Waals surface area contributed by atoms with Crippen molar-refractivity contribution >= 4 is 64.1 Å². The van der Waals surface area contributed by atoms with Gasteiger partial charge in [0.2, 0.25) is 5.91 Å². The number of nitrogens with one attached hydrogen (secondary N) is 2. The third-order valence-electron chi connectivity index (χ3n) is 5.44. The minimum atomic E-state index is -0.394. The molecular weight excluding hydrogens is 541 g/mol. The van der Waals surface area contributed by atoms with Gasteiger partial charge in [-0.05, 0) is 62.1 Å². The number of hydrogen-bond acceptors (Lipinski definition) is 5. The van der Waals surface area contributed by atoms with E-state index in [9.17, 15) is 9.59 Å². The second kappa shape index (κ2) is 12.8. The molecule has 2 aromatic carbocycles. The van der Waals surface area contributed by atoms with Gasteiger partial charge in [0, 0.05) is 22.3 Å². The molecule has 192 valence electrons. The number of anilines is 1. The summed E-state index contributed by atoms with van der Waals surface area (Å²) >= 11 is 19.6. The Morgan fingerprint density at radius 1 is 1.08 bits per heavy atom. The molecule has 0 spiro atoms. The molecule has 1 heterocycles. The number of aromatic nitrogens is 3. The Kier molecular flexibility index (Phi) is 10.1. The van der Waals surface area contributed by atoms with Crippen molar-refractivity contribution in [3.05, 3.63) is 68.4 Å². The first kappa shape index (κ1) is 28.3. The molecule has 11 heteroatoms. The summed E-state index contributed by atoms with van der Waals surface area (Å²) < 4.78 is 1.92. The fourth-order valence-corrected chi connectivity index (χ4v) is 5.11. The highest BCUT2D eigenvalue weighted by Crippen LogP contribution is 2.28. The predicted octanol–water partition coefficient (Wildman–Crippen LogP) is 6.81. The van der Waals surface area contributed by atoms with Gasteiger partial charge in [-0.3, -0.25) is 9.59 Å². The maximum atomic E-state index is 13.0. The van der Waals surface area contributed by atoms with Crippen LogP contribution in [-0.4, -0.2) is 32.3 Å². The van der Waals surface area contributed by atoms with E-state index in [0.717, 1.165) is 5.56 Å². The molecule has 3 rings (SSSR count). The van der Waals surface area contributed by atoms with Gasteiger partial charge >= 0.3 is 0 Å². The van der Waals surface area contributed by atoms with Crippen molar-refractivity contribution in [3.8, 4) is 0 Å². The van der Waals surface area contributed by atoms with E-state index in [0.29, 0.717) is 45.2 Å². The molecule has 0 bridgehead atoms. The van der Waals surface area contributed by atoms with E-state index >= 15 is 0 Å². The van der Waals surface area contributed by atoms with Crippen molar-refractivity contribution in [1.29, 1.82) is 0 Å². The average Bonchev–Trinajstić information content (AvgIpc) is 3.22. The van der Waals surface area contributed by atoms with Crippen LogP contribution >= 0.6 is 46.6 Å². The van der Waals surface area contributed by atoms with E-state index in [2.05, 4.69) is 34.7 Å². The largest absolute Gasteiger partial charge is 0.342 e. The lowest BCUT2D eigenvalue weighted by Gasteiger charge is -2.21. The maximum absolute atomic E-state index is 13.0. The first-order valence-corrected chi connectivity index (χ1v) is 13.6. The highest BCUT2D eigenvalue weighted by Gasteiger charge is 2.25. The Hall–Kier alpha value is -2.26. The summed E-state index contributed by atoms with van der Waals surface area (Å²) in [5.74, 6) is 0.547. The Morgan fingerprint density at radius 2 is 1.83 bits per heavy atom. The van der Waals surface area contributed by atoms with Crippen LogP contribution in [0.3, 0.4) is 0 Å². The van der Waals surface area contributed by atoms with E-state index in [1.54, 1.807) is 24.3 Å². The molecule has 7 nitrogen and oxygen atoms in total. The van der Waals surface area contributed by atoms with Crippen LogP contribution in [0.2, 0.25) is 15.1 Å². The van der Waals surface area contributed by atoms with E-state index in [-0.39, 0.29) is 28.5 Å². The Morgan fingerprint density at radius 3 is 2.50 bits per heavy atom. The van der Waals surface area contributed by atoms with Gasteiger partial charge in [0.25, 0.3) is 5.91 Å². The second-order valence-electron chi connectivity index (χ2n) is 8.61. The normalized spacial score (nSPS) is 12.0. The van der Waals surface area contributed by atoms with Gasteiger partial charge in [-0.2, -0.15) is 0 Å². The van der Waals surface area contributed by atoms with E-state index in [1.807, 2.05) is 24.5 Å². The van der Waals surface area contributed by atoms with Gasteiger partial charge in [-0.15, -0.1) is 10.2 Å².